The molecule has 31 heavy (non-hydrogen) atoms. The molecule has 0 heterocycles. The predicted molar refractivity (Wildman–Crippen MR) is 125 cm³/mol. The van der Waals surface area contributed by atoms with Crippen molar-refractivity contribution in [3.05, 3.63) is 94.5 Å². The van der Waals surface area contributed by atoms with E-state index in [1.807, 2.05) is 39.8 Å². The highest BCUT2D eigenvalue weighted by atomic mass is 32.2. The summed E-state index contributed by atoms with van der Waals surface area (Å²) in [4.78, 5) is 13.1. The van der Waals surface area contributed by atoms with Gasteiger partial charge in [0, 0.05) is 11.3 Å². The van der Waals surface area contributed by atoms with E-state index in [0.717, 1.165) is 23.1 Å². The minimum atomic E-state index is -3.73. The third kappa shape index (κ3) is 5.52. The van der Waals surface area contributed by atoms with E-state index in [2.05, 4.69) is 16.1 Å². The molecule has 1 unspecified atom stereocenters. The normalized spacial score (nSPS) is 12.3. The van der Waals surface area contributed by atoms with Gasteiger partial charge in [-0.1, -0.05) is 54.4 Å². The molecule has 0 radical (unpaired) electrons. The largest absolute Gasteiger partial charge is 0.345 e. The van der Waals surface area contributed by atoms with Crippen LogP contribution in [0.5, 0.6) is 0 Å². The molecule has 0 spiro atoms. The highest BCUT2D eigenvalue weighted by Gasteiger charge is 2.18. The average Bonchev–Trinajstić information content (AvgIpc) is 2.72. The number of rotatable bonds is 7. The van der Waals surface area contributed by atoms with Crippen molar-refractivity contribution in [2.24, 2.45) is 0 Å². The standard InChI is InChI=1S/C25H28N2O3S/c1-5-24(23-14-11-18(3)15-19(23)4)26-25(28)20-7-6-8-21(16-20)27-31(29,30)22-12-9-17(2)10-13-22/h6-16,24,27H,5H2,1-4H3,(H,26,28). The first kappa shape index (κ1) is 22.6. The highest BCUT2D eigenvalue weighted by Crippen LogP contribution is 2.23. The van der Waals surface area contributed by atoms with Crippen molar-refractivity contribution in [1.29, 1.82) is 0 Å². The Morgan fingerprint density at radius 2 is 1.58 bits per heavy atom. The zero-order chi connectivity index (χ0) is 22.6. The Balaban J connectivity index is 1.78. The van der Waals surface area contributed by atoms with Crippen LogP contribution in [0, 0.1) is 20.8 Å². The molecule has 0 aliphatic heterocycles. The van der Waals surface area contributed by atoms with E-state index in [-0.39, 0.29) is 16.8 Å². The van der Waals surface area contributed by atoms with Gasteiger partial charge in [0.25, 0.3) is 15.9 Å². The van der Waals surface area contributed by atoms with Gasteiger partial charge in [0.15, 0.2) is 0 Å². The van der Waals surface area contributed by atoms with Crippen LogP contribution < -0.4 is 10.0 Å². The Hall–Kier alpha value is -3.12. The van der Waals surface area contributed by atoms with Crippen molar-refractivity contribution in [3.8, 4) is 0 Å². The number of carbonyl (C=O) groups is 1. The molecule has 5 nitrogen and oxygen atoms in total. The summed E-state index contributed by atoms with van der Waals surface area (Å²) in [5.74, 6) is -0.247. The predicted octanol–water partition coefficient (Wildman–Crippen LogP) is 5.29. The van der Waals surface area contributed by atoms with Gasteiger partial charge in [-0.3, -0.25) is 9.52 Å². The molecule has 2 N–H and O–H groups in total. The maximum atomic E-state index is 12.9. The third-order valence-electron chi connectivity index (χ3n) is 5.22. The molecule has 3 aromatic carbocycles. The lowest BCUT2D eigenvalue weighted by molar-refractivity contribution is 0.0935. The van der Waals surface area contributed by atoms with Crippen LogP contribution in [0.1, 0.15) is 52.0 Å². The Bertz CT molecular complexity index is 1190. The lowest BCUT2D eigenvalue weighted by Gasteiger charge is -2.20. The summed E-state index contributed by atoms with van der Waals surface area (Å²) >= 11 is 0. The monoisotopic (exact) mass is 436 g/mol. The SMILES string of the molecule is CCC(NC(=O)c1cccc(NS(=O)(=O)c2ccc(C)cc2)c1)c1ccc(C)cc1C. The molecular formula is C25H28N2O3S. The molecular weight excluding hydrogens is 408 g/mol. The molecule has 0 aliphatic rings. The fourth-order valence-corrected chi connectivity index (χ4v) is 4.56. The molecule has 6 heteroatoms. The van der Waals surface area contributed by atoms with Gasteiger partial charge < -0.3 is 5.32 Å². The van der Waals surface area contributed by atoms with E-state index >= 15 is 0 Å². The van der Waals surface area contributed by atoms with Gasteiger partial charge in [-0.2, -0.15) is 0 Å². The smallest absolute Gasteiger partial charge is 0.261 e. The van der Waals surface area contributed by atoms with E-state index in [1.54, 1.807) is 48.5 Å². The summed E-state index contributed by atoms with van der Waals surface area (Å²) in [5.41, 5.74) is 5.10. The Morgan fingerprint density at radius 1 is 0.903 bits per heavy atom. The van der Waals surface area contributed by atoms with Crippen LogP contribution in [0.4, 0.5) is 5.69 Å². The molecule has 0 bridgehead atoms. The van der Waals surface area contributed by atoms with E-state index in [1.165, 1.54) is 5.56 Å². The molecule has 0 aromatic heterocycles. The highest BCUT2D eigenvalue weighted by molar-refractivity contribution is 7.92. The quantitative estimate of drug-likeness (QED) is 0.528. The van der Waals surface area contributed by atoms with E-state index in [4.69, 9.17) is 0 Å². The number of sulfonamides is 1. The lowest BCUT2D eigenvalue weighted by atomic mass is 9.97. The van der Waals surface area contributed by atoms with Gasteiger partial charge in [0.05, 0.1) is 10.9 Å². The summed E-state index contributed by atoms with van der Waals surface area (Å²) < 4.78 is 27.9. The summed E-state index contributed by atoms with van der Waals surface area (Å²) in [6.07, 6.45) is 0.745. The minimum Gasteiger partial charge on any atom is -0.345 e. The summed E-state index contributed by atoms with van der Waals surface area (Å²) in [6, 6.07) is 19.2. The van der Waals surface area contributed by atoms with Crippen molar-refractivity contribution >= 4 is 21.6 Å². The van der Waals surface area contributed by atoms with Crippen LogP contribution in [0.3, 0.4) is 0 Å². The second-order valence-corrected chi connectivity index (χ2v) is 9.48. The van der Waals surface area contributed by atoms with Crippen molar-refractivity contribution in [1.82, 2.24) is 5.32 Å². The molecule has 1 atom stereocenters. The fourth-order valence-electron chi connectivity index (χ4n) is 3.51. The van der Waals surface area contributed by atoms with Gasteiger partial charge in [-0.05, 0) is 68.7 Å². The second kappa shape index (κ2) is 9.35. The topological polar surface area (TPSA) is 75.3 Å². The molecule has 162 valence electrons. The van der Waals surface area contributed by atoms with E-state index < -0.39 is 10.0 Å². The number of carbonyl (C=O) groups excluding carboxylic acids is 1. The lowest BCUT2D eigenvalue weighted by Crippen LogP contribution is -2.28. The van der Waals surface area contributed by atoms with Crippen LogP contribution in [0.2, 0.25) is 0 Å². The zero-order valence-corrected chi connectivity index (χ0v) is 19.1. The van der Waals surface area contributed by atoms with Crippen LogP contribution in [0.25, 0.3) is 0 Å². The fraction of sp³-hybridized carbons (Fsp3) is 0.240. The number of hydrogen-bond acceptors (Lipinski definition) is 3. The average molecular weight is 437 g/mol. The Labute approximate surface area is 184 Å². The summed E-state index contributed by atoms with van der Waals surface area (Å²) in [7, 11) is -3.73. The number of amides is 1. The maximum absolute atomic E-state index is 12.9. The molecule has 3 aromatic rings. The van der Waals surface area contributed by atoms with E-state index in [9.17, 15) is 13.2 Å². The first-order valence-corrected chi connectivity index (χ1v) is 11.8. The molecule has 0 saturated carbocycles. The van der Waals surface area contributed by atoms with Gasteiger partial charge in [0.2, 0.25) is 0 Å². The Kier molecular flexibility index (Phi) is 6.81. The maximum Gasteiger partial charge on any atom is 0.261 e. The van der Waals surface area contributed by atoms with Gasteiger partial charge in [-0.25, -0.2) is 8.42 Å². The first-order valence-electron chi connectivity index (χ1n) is 10.3. The van der Waals surface area contributed by atoms with Gasteiger partial charge in [-0.15, -0.1) is 0 Å². The molecule has 0 saturated heterocycles. The van der Waals surface area contributed by atoms with Crippen LogP contribution in [0.15, 0.2) is 71.6 Å². The number of benzene rings is 3. The molecule has 3 rings (SSSR count). The van der Waals surface area contributed by atoms with Crippen LogP contribution in [-0.4, -0.2) is 14.3 Å². The third-order valence-corrected chi connectivity index (χ3v) is 6.62. The number of anilines is 1. The zero-order valence-electron chi connectivity index (χ0n) is 18.3. The number of hydrogen-bond donors (Lipinski definition) is 2. The van der Waals surface area contributed by atoms with Crippen molar-refractivity contribution in [3.63, 3.8) is 0 Å². The summed E-state index contributed by atoms with van der Waals surface area (Å²) in [6.45, 7) is 8.00. The van der Waals surface area contributed by atoms with E-state index in [0.29, 0.717) is 11.3 Å². The first-order chi connectivity index (χ1) is 14.7. The van der Waals surface area contributed by atoms with Crippen molar-refractivity contribution in [2.45, 2.75) is 45.1 Å². The van der Waals surface area contributed by atoms with Crippen molar-refractivity contribution in [2.75, 3.05) is 4.72 Å². The summed E-state index contributed by atoms with van der Waals surface area (Å²) in [5, 5.41) is 3.07. The van der Waals surface area contributed by atoms with Crippen molar-refractivity contribution < 1.29 is 13.2 Å². The van der Waals surface area contributed by atoms with Crippen LogP contribution >= 0.6 is 0 Å². The molecule has 0 fully saturated rings. The molecule has 0 aliphatic carbocycles. The minimum absolute atomic E-state index is 0.124. The Morgan fingerprint density at radius 3 is 2.23 bits per heavy atom. The number of nitrogens with one attached hydrogen (secondary N) is 2. The van der Waals surface area contributed by atoms with Gasteiger partial charge >= 0.3 is 0 Å². The second-order valence-electron chi connectivity index (χ2n) is 7.79. The van der Waals surface area contributed by atoms with Crippen LogP contribution in [-0.2, 0) is 10.0 Å². The number of aryl methyl sites for hydroxylation is 3. The molecule has 1 amide bonds. The van der Waals surface area contributed by atoms with Gasteiger partial charge in [0.1, 0.15) is 0 Å².